The van der Waals surface area contributed by atoms with E-state index >= 15 is 0 Å². The smallest absolute Gasteiger partial charge is 0.256 e. The molecule has 10 heteroatoms. The van der Waals surface area contributed by atoms with Crippen LogP contribution in [0.1, 0.15) is 73.7 Å². The van der Waals surface area contributed by atoms with Crippen LogP contribution in [0.25, 0.3) is 22.6 Å². The molecular weight excluding hydrogens is 675 g/mol. The Morgan fingerprint density at radius 2 is 1.46 bits per heavy atom. The number of oxazole rings is 1. The number of nitrogens with zero attached hydrogens (tertiary/aromatic N) is 1. The molecule has 1 saturated heterocycles. The zero-order valence-corrected chi connectivity index (χ0v) is 30.1. The van der Waals surface area contributed by atoms with Crippen molar-refractivity contribution in [1.29, 1.82) is 0 Å². The highest BCUT2D eigenvalue weighted by Crippen LogP contribution is 2.41. The molecule has 3 atom stereocenters. The second-order valence-electron chi connectivity index (χ2n) is 12.9. The maximum atomic E-state index is 12.4. The molecular formula is C42H45N3O6S. The van der Waals surface area contributed by atoms with Gasteiger partial charge in [-0.2, -0.15) is 0 Å². The van der Waals surface area contributed by atoms with Crippen molar-refractivity contribution in [3.63, 3.8) is 0 Å². The summed E-state index contributed by atoms with van der Waals surface area (Å²) in [5, 5.41) is 15.9. The van der Waals surface area contributed by atoms with Crippen LogP contribution >= 0.6 is 11.8 Å². The Morgan fingerprint density at radius 1 is 0.788 bits per heavy atom. The standard InChI is InChI=1S/C42H45N3O6S/c1-29(47)43-24-10-4-9-15-38(48)44-26-30-16-22-35(23-17-30)41-49-36(25-37(50-41)32-20-18-31(27-46)19-21-32)28-52-42-45-39(33-11-5-2-6-12-33)40(51-42)34-13-7-3-8-14-34/h2-3,5-8,11-14,16-23,36-37,41,46H,4,9-10,15,24-28H2,1H3,(H,43,47)(H,44,48). The molecule has 5 aromatic rings. The maximum absolute atomic E-state index is 12.4. The van der Waals surface area contributed by atoms with E-state index in [1.54, 1.807) is 0 Å². The minimum atomic E-state index is -0.604. The number of carbonyl (C=O) groups is 2. The molecule has 1 fully saturated rings. The van der Waals surface area contributed by atoms with Gasteiger partial charge in [-0.05, 0) is 29.5 Å². The topological polar surface area (TPSA) is 123 Å². The van der Waals surface area contributed by atoms with E-state index in [-0.39, 0.29) is 30.6 Å². The second kappa shape index (κ2) is 18.7. The molecule has 0 bridgehead atoms. The largest absolute Gasteiger partial charge is 0.431 e. The summed E-state index contributed by atoms with van der Waals surface area (Å²) < 4.78 is 19.5. The molecule has 3 N–H and O–H groups in total. The molecule has 1 aliphatic heterocycles. The fraction of sp³-hybridized carbons (Fsp3) is 0.310. The lowest BCUT2D eigenvalue weighted by Crippen LogP contribution is -2.31. The van der Waals surface area contributed by atoms with Crippen molar-refractivity contribution in [2.75, 3.05) is 12.3 Å². The first-order chi connectivity index (χ1) is 25.4. The number of aliphatic hydroxyl groups excluding tert-OH is 1. The molecule has 52 heavy (non-hydrogen) atoms. The number of ether oxygens (including phenoxy) is 2. The van der Waals surface area contributed by atoms with Gasteiger partial charge in [0.1, 0.15) is 5.69 Å². The summed E-state index contributed by atoms with van der Waals surface area (Å²) in [5.74, 6) is 1.31. The summed E-state index contributed by atoms with van der Waals surface area (Å²) >= 11 is 1.53. The zero-order chi connectivity index (χ0) is 36.1. The average Bonchev–Trinajstić information content (AvgIpc) is 3.63. The Balaban J connectivity index is 1.11. The first-order valence-corrected chi connectivity index (χ1v) is 18.8. The lowest BCUT2D eigenvalue weighted by molar-refractivity contribution is -0.245. The second-order valence-corrected chi connectivity index (χ2v) is 13.8. The van der Waals surface area contributed by atoms with Crippen LogP contribution in [0.4, 0.5) is 0 Å². The number of carbonyl (C=O) groups excluding carboxylic acids is 2. The fourth-order valence-electron chi connectivity index (χ4n) is 6.06. The van der Waals surface area contributed by atoms with Crippen LogP contribution in [-0.4, -0.2) is 40.3 Å². The number of nitrogens with one attached hydrogen (secondary N) is 2. The highest BCUT2D eigenvalue weighted by atomic mass is 32.2. The van der Waals surface area contributed by atoms with Crippen molar-refractivity contribution in [1.82, 2.24) is 15.6 Å². The third-order valence-corrected chi connectivity index (χ3v) is 9.85. The lowest BCUT2D eigenvalue weighted by atomic mass is 10.0. The minimum absolute atomic E-state index is 0.00998. The number of aliphatic hydroxyl groups is 1. The van der Waals surface area contributed by atoms with E-state index in [9.17, 15) is 14.7 Å². The molecule has 9 nitrogen and oxygen atoms in total. The highest BCUT2D eigenvalue weighted by molar-refractivity contribution is 7.99. The van der Waals surface area contributed by atoms with Crippen LogP contribution in [0.15, 0.2) is 119 Å². The molecule has 270 valence electrons. The van der Waals surface area contributed by atoms with Gasteiger partial charge in [0.15, 0.2) is 12.1 Å². The lowest BCUT2D eigenvalue weighted by Gasteiger charge is -2.36. The van der Waals surface area contributed by atoms with Crippen LogP contribution in [0.3, 0.4) is 0 Å². The van der Waals surface area contributed by atoms with Gasteiger partial charge in [-0.3, -0.25) is 9.59 Å². The van der Waals surface area contributed by atoms with E-state index in [0.717, 1.165) is 64.1 Å². The van der Waals surface area contributed by atoms with Crippen molar-refractivity contribution >= 4 is 23.6 Å². The Morgan fingerprint density at radius 3 is 2.15 bits per heavy atom. The molecule has 1 aliphatic rings. The van der Waals surface area contributed by atoms with Crippen LogP contribution in [0, 0.1) is 0 Å². The summed E-state index contributed by atoms with van der Waals surface area (Å²) in [6, 6.07) is 35.9. The Bertz CT molecular complexity index is 1810. The fourth-order valence-corrected chi connectivity index (χ4v) is 6.90. The van der Waals surface area contributed by atoms with E-state index in [0.29, 0.717) is 36.9 Å². The summed E-state index contributed by atoms with van der Waals surface area (Å²) in [5.41, 5.74) is 6.48. The van der Waals surface area contributed by atoms with Gasteiger partial charge < -0.3 is 29.6 Å². The number of aromatic nitrogens is 1. The van der Waals surface area contributed by atoms with Crippen LogP contribution in [-0.2, 0) is 32.2 Å². The van der Waals surface area contributed by atoms with E-state index in [4.69, 9.17) is 18.9 Å². The zero-order valence-electron chi connectivity index (χ0n) is 29.3. The molecule has 0 spiro atoms. The summed E-state index contributed by atoms with van der Waals surface area (Å²) in [4.78, 5) is 28.3. The third kappa shape index (κ3) is 10.4. The number of hydrogen-bond donors (Lipinski definition) is 3. The maximum Gasteiger partial charge on any atom is 0.256 e. The number of amides is 2. The normalized spacial score (nSPS) is 17.1. The van der Waals surface area contributed by atoms with Gasteiger partial charge in [0.05, 0.1) is 18.8 Å². The van der Waals surface area contributed by atoms with Crippen LogP contribution in [0.5, 0.6) is 0 Å². The highest BCUT2D eigenvalue weighted by Gasteiger charge is 2.33. The van der Waals surface area contributed by atoms with Gasteiger partial charge in [-0.25, -0.2) is 4.98 Å². The number of benzene rings is 4. The monoisotopic (exact) mass is 719 g/mol. The molecule has 6 rings (SSSR count). The number of rotatable bonds is 16. The van der Waals surface area contributed by atoms with E-state index in [2.05, 4.69) is 10.6 Å². The first-order valence-electron chi connectivity index (χ1n) is 17.8. The van der Waals surface area contributed by atoms with Crippen LogP contribution < -0.4 is 10.6 Å². The average molecular weight is 720 g/mol. The minimum Gasteiger partial charge on any atom is -0.431 e. The first kappa shape index (κ1) is 37.0. The Hall–Kier alpha value is -4.74. The predicted molar refractivity (Wildman–Crippen MR) is 202 cm³/mol. The molecule has 2 heterocycles. The van der Waals surface area contributed by atoms with Crippen molar-refractivity contribution < 1.29 is 28.6 Å². The van der Waals surface area contributed by atoms with Gasteiger partial charge in [0.25, 0.3) is 5.22 Å². The van der Waals surface area contributed by atoms with E-state index in [1.165, 1.54) is 18.7 Å². The van der Waals surface area contributed by atoms with Crippen molar-refractivity contribution in [2.45, 2.75) is 75.9 Å². The number of hydrogen-bond acceptors (Lipinski definition) is 8. The Labute approximate surface area is 309 Å². The van der Waals surface area contributed by atoms with Crippen molar-refractivity contribution in [3.8, 4) is 22.6 Å². The summed E-state index contributed by atoms with van der Waals surface area (Å²) in [6.07, 6.45) is 2.62. The van der Waals surface area contributed by atoms with Crippen LogP contribution in [0.2, 0.25) is 0 Å². The van der Waals surface area contributed by atoms with E-state index in [1.807, 2.05) is 109 Å². The molecule has 0 radical (unpaired) electrons. The molecule has 3 unspecified atom stereocenters. The molecule has 0 aliphatic carbocycles. The predicted octanol–water partition coefficient (Wildman–Crippen LogP) is 8.15. The van der Waals surface area contributed by atoms with E-state index < -0.39 is 6.29 Å². The number of thioether (sulfide) groups is 1. The summed E-state index contributed by atoms with van der Waals surface area (Å²) in [7, 11) is 0. The SMILES string of the molecule is CC(=O)NCCCCCC(=O)NCc1ccc(C2OC(CSc3nc(-c4ccccc4)c(-c4ccccc4)o3)CC(c3ccc(CO)cc3)O2)cc1. The molecule has 2 amide bonds. The molecule has 4 aromatic carbocycles. The summed E-state index contributed by atoms with van der Waals surface area (Å²) in [6.45, 7) is 2.56. The van der Waals surface area contributed by atoms with Gasteiger partial charge in [-0.1, -0.05) is 127 Å². The number of unbranched alkanes of at least 4 members (excludes halogenated alkanes) is 2. The molecule has 1 aromatic heterocycles. The quantitative estimate of drug-likeness (QED) is 0.0690. The van der Waals surface area contributed by atoms with Gasteiger partial charge in [0, 0.05) is 55.3 Å². The Kier molecular flexibility index (Phi) is 13.3. The van der Waals surface area contributed by atoms with Gasteiger partial charge >= 0.3 is 0 Å². The van der Waals surface area contributed by atoms with Crippen molar-refractivity contribution in [3.05, 3.63) is 131 Å². The third-order valence-electron chi connectivity index (χ3n) is 8.89. The van der Waals surface area contributed by atoms with Gasteiger partial charge in [-0.15, -0.1) is 0 Å². The van der Waals surface area contributed by atoms with Crippen molar-refractivity contribution in [2.24, 2.45) is 0 Å². The molecule has 0 saturated carbocycles. The van der Waals surface area contributed by atoms with Gasteiger partial charge in [0.2, 0.25) is 11.8 Å².